The zero-order valence-electron chi connectivity index (χ0n) is 20.1. The van der Waals surface area contributed by atoms with Gasteiger partial charge in [0.1, 0.15) is 6.04 Å². The molecule has 0 bridgehead atoms. The van der Waals surface area contributed by atoms with Gasteiger partial charge in [-0.1, -0.05) is 43.3 Å². The van der Waals surface area contributed by atoms with E-state index < -0.39 is 6.04 Å². The van der Waals surface area contributed by atoms with Crippen molar-refractivity contribution in [3.05, 3.63) is 70.8 Å². The second kappa shape index (κ2) is 11.1. The highest BCUT2D eigenvalue weighted by Crippen LogP contribution is 2.24. The lowest BCUT2D eigenvalue weighted by Gasteiger charge is -2.36. The van der Waals surface area contributed by atoms with Crippen LogP contribution in [0.5, 0.6) is 0 Å². The van der Waals surface area contributed by atoms with E-state index in [9.17, 15) is 14.4 Å². The van der Waals surface area contributed by atoms with Crippen molar-refractivity contribution in [2.45, 2.75) is 59.0 Å². The van der Waals surface area contributed by atoms with Crippen LogP contribution in [-0.2, 0) is 4.79 Å². The first-order valence-corrected chi connectivity index (χ1v) is 11.8. The highest BCUT2D eigenvalue weighted by atomic mass is 16.2. The number of amides is 3. The first kappa shape index (κ1) is 24.5. The summed E-state index contributed by atoms with van der Waals surface area (Å²) in [4.78, 5) is 41.0. The van der Waals surface area contributed by atoms with Crippen LogP contribution in [0.25, 0.3) is 0 Å². The minimum Gasteiger partial charge on any atom is -0.352 e. The summed E-state index contributed by atoms with van der Waals surface area (Å²) >= 11 is 0. The lowest BCUT2D eigenvalue weighted by Crippen LogP contribution is -2.55. The van der Waals surface area contributed by atoms with Gasteiger partial charge in [0.05, 0.1) is 0 Å². The van der Waals surface area contributed by atoms with Gasteiger partial charge in [-0.25, -0.2) is 0 Å². The van der Waals surface area contributed by atoms with Crippen molar-refractivity contribution in [3.63, 3.8) is 0 Å². The number of likely N-dealkylation sites (tertiary alicyclic amines) is 1. The molecule has 176 valence electrons. The van der Waals surface area contributed by atoms with E-state index in [1.807, 2.05) is 75.1 Å². The molecule has 1 fully saturated rings. The van der Waals surface area contributed by atoms with Gasteiger partial charge in [-0.2, -0.15) is 0 Å². The van der Waals surface area contributed by atoms with Crippen LogP contribution in [0.3, 0.4) is 0 Å². The largest absolute Gasteiger partial charge is 0.352 e. The Bertz CT molecular complexity index is 996. The van der Waals surface area contributed by atoms with Crippen LogP contribution in [0.4, 0.5) is 0 Å². The summed E-state index contributed by atoms with van der Waals surface area (Å²) in [7, 11) is 0. The summed E-state index contributed by atoms with van der Waals surface area (Å²) < 4.78 is 0. The van der Waals surface area contributed by atoms with E-state index in [0.717, 1.165) is 23.1 Å². The predicted molar refractivity (Wildman–Crippen MR) is 130 cm³/mol. The van der Waals surface area contributed by atoms with Crippen LogP contribution < -0.4 is 10.6 Å². The van der Waals surface area contributed by atoms with E-state index >= 15 is 0 Å². The van der Waals surface area contributed by atoms with E-state index in [0.29, 0.717) is 31.5 Å². The van der Waals surface area contributed by atoms with Crippen molar-refractivity contribution in [1.82, 2.24) is 15.5 Å². The topological polar surface area (TPSA) is 78.5 Å². The number of carbonyl (C=O) groups excluding carboxylic acids is 3. The third kappa shape index (κ3) is 6.01. The number of aryl methyl sites for hydroxylation is 2. The highest BCUT2D eigenvalue weighted by molar-refractivity contribution is 5.99. The molecule has 33 heavy (non-hydrogen) atoms. The molecule has 2 aromatic carbocycles. The summed E-state index contributed by atoms with van der Waals surface area (Å²) in [6.45, 7) is 8.93. The molecule has 0 spiro atoms. The number of benzene rings is 2. The molecule has 1 saturated heterocycles. The first-order chi connectivity index (χ1) is 15.8. The Labute approximate surface area is 196 Å². The number of hydrogen-bond acceptors (Lipinski definition) is 3. The minimum atomic E-state index is -0.637. The van der Waals surface area contributed by atoms with Crippen LogP contribution in [-0.4, -0.2) is 47.8 Å². The fourth-order valence-corrected chi connectivity index (χ4v) is 4.30. The lowest BCUT2D eigenvalue weighted by molar-refractivity contribution is -0.125. The van der Waals surface area contributed by atoms with Crippen molar-refractivity contribution in [2.24, 2.45) is 5.92 Å². The Balaban J connectivity index is 1.72. The van der Waals surface area contributed by atoms with Crippen LogP contribution >= 0.6 is 0 Å². The molecule has 6 heteroatoms. The van der Waals surface area contributed by atoms with Crippen LogP contribution in [0.15, 0.2) is 48.5 Å². The predicted octanol–water partition coefficient (Wildman–Crippen LogP) is 3.87. The number of rotatable bonds is 7. The summed E-state index contributed by atoms with van der Waals surface area (Å²) in [6, 6.07) is 14.4. The van der Waals surface area contributed by atoms with E-state index in [1.165, 1.54) is 0 Å². The van der Waals surface area contributed by atoms with Crippen molar-refractivity contribution >= 4 is 17.7 Å². The average Bonchev–Trinajstić information content (AvgIpc) is 2.82. The zero-order valence-corrected chi connectivity index (χ0v) is 20.1. The fourth-order valence-electron chi connectivity index (χ4n) is 4.30. The number of hydrogen-bond donors (Lipinski definition) is 2. The summed E-state index contributed by atoms with van der Waals surface area (Å²) in [5.74, 6) is -0.412. The summed E-state index contributed by atoms with van der Waals surface area (Å²) in [5, 5.41) is 6.04. The second-order valence-corrected chi connectivity index (χ2v) is 9.03. The van der Waals surface area contributed by atoms with Gasteiger partial charge in [-0.05, 0) is 69.2 Å². The van der Waals surface area contributed by atoms with Gasteiger partial charge < -0.3 is 15.5 Å². The molecule has 0 unspecified atom stereocenters. The summed E-state index contributed by atoms with van der Waals surface area (Å²) in [5.41, 5.74) is 3.12. The highest BCUT2D eigenvalue weighted by Gasteiger charge is 2.34. The van der Waals surface area contributed by atoms with E-state index in [-0.39, 0.29) is 29.7 Å². The van der Waals surface area contributed by atoms with Gasteiger partial charge in [0.2, 0.25) is 5.91 Å². The molecule has 3 amide bonds. The summed E-state index contributed by atoms with van der Waals surface area (Å²) in [6.07, 6.45) is 2.13. The Kier molecular flexibility index (Phi) is 8.26. The minimum absolute atomic E-state index is 0.0242. The third-order valence-corrected chi connectivity index (χ3v) is 6.63. The maximum absolute atomic E-state index is 13.1. The van der Waals surface area contributed by atoms with Crippen molar-refractivity contribution < 1.29 is 14.4 Å². The van der Waals surface area contributed by atoms with Gasteiger partial charge in [0.25, 0.3) is 11.8 Å². The van der Waals surface area contributed by atoms with Crippen molar-refractivity contribution in [2.75, 3.05) is 13.1 Å². The van der Waals surface area contributed by atoms with Gasteiger partial charge in [0.15, 0.2) is 0 Å². The molecule has 1 heterocycles. The van der Waals surface area contributed by atoms with E-state index in [4.69, 9.17) is 0 Å². The number of nitrogens with zero attached hydrogens (tertiary/aromatic N) is 1. The number of piperidine rings is 1. The molecular weight excluding hydrogens is 414 g/mol. The number of nitrogens with one attached hydrogen (secondary N) is 2. The monoisotopic (exact) mass is 449 g/mol. The first-order valence-electron chi connectivity index (χ1n) is 11.8. The Morgan fingerprint density at radius 2 is 1.45 bits per heavy atom. The van der Waals surface area contributed by atoms with Crippen LogP contribution in [0.2, 0.25) is 0 Å². The Morgan fingerprint density at radius 1 is 0.909 bits per heavy atom. The molecular formula is C27H35N3O3. The van der Waals surface area contributed by atoms with E-state index in [1.54, 1.807) is 6.07 Å². The maximum Gasteiger partial charge on any atom is 0.254 e. The fraction of sp³-hybridized carbons (Fsp3) is 0.444. The van der Waals surface area contributed by atoms with Gasteiger partial charge in [-0.3, -0.25) is 14.4 Å². The molecule has 1 aliphatic rings. The van der Waals surface area contributed by atoms with Gasteiger partial charge >= 0.3 is 0 Å². The van der Waals surface area contributed by atoms with E-state index in [2.05, 4.69) is 10.6 Å². The molecule has 0 radical (unpaired) electrons. The second-order valence-electron chi connectivity index (χ2n) is 9.03. The number of carbonyl (C=O) groups is 3. The molecule has 2 atom stereocenters. The van der Waals surface area contributed by atoms with Crippen LogP contribution in [0, 0.1) is 19.8 Å². The normalized spacial score (nSPS) is 16.1. The Hall–Kier alpha value is -3.15. The molecule has 2 aromatic rings. The SMILES string of the molecule is CC[C@H](C)NC(=O)[C@@H](NC(=O)c1ccccc1C)C1CCN(C(=O)c2ccccc2C)CC1. The average molecular weight is 450 g/mol. The van der Waals surface area contributed by atoms with Crippen LogP contribution in [0.1, 0.15) is 65.0 Å². The molecule has 3 rings (SSSR count). The molecule has 0 aromatic heterocycles. The Morgan fingerprint density at radius 3 is 2.00 bits per heavy atom. The molecule has 6 nitrogen and oxygen atoms in total. The van der Waals surface area contributed by atoms with Crippen molar-refractivity contribution in [3.8, 4) is 0 Å². The molecule has 0 saturated carbocycles. The van der Waals surface area contributed by atoms with Crippen molar-refractivity contribution in [1.29, 1.82) is 0 Å². The quantitative estimate of drug-likeness (QED) is 0.674. The van der Waals surface area contributed by atoms with Gasteiger partial charge in [0, 0.05) is 30.3 Å². The molecule has 0 aliphatic carbocycles. The van der Waals surface area contributed by atoms with Gasteiger partial charge in [-0.15, -0.1) is 0 Å². The lowest BCUT2D eigenvalue weighted by atomic mass is 9.87. The molecule has 1 aliphatic heterocycles. The standard InChI is InChI=1S/C27H35N3O3/c1-5-20(4)28-26(32)24(29-25(31)22-12-8-6-10-18(22)2)21-14-16-30(17-15-21)27(33)23-13-9-7-11-19(23)3/h6-13,20-21,24H,5,14-17H2,1-4H3,(H,28,32)(H,29,31)/t20-,24-/m0/s1. The third-order valence-electron chi connectivity index (χ3n) is 6.63. The smallest absolute Gasteiger partial charge is 0.254 e. The zero-order chi connectivity index (χ0) is 24.0. The molecule has 2 N–H and O–H groups in total. The maximum atomic E-state index is 13.1.